The molecule has 0 spiro atoms. The molecule has 0 unspecified atom stereocenters. The van der Waals surface area contributed by atoms with Crippen LogP contribution in [0.2, 0.25) is 0 Å². The van der Waals surface area contributed by atoms with Crippen molar-refractivity contribution < 1.29 is 24.5 Å². The highest BCUT2D eigenvalue weighted by atomic mass is 16.5. The average molecular weight is 286 g/mol. The van der Waals surface area contributed by atoms with E-state index in [2.05, 4.69) is 0 Å². The lowest BCUT2D eigenvalue weighted by molar-refractivity contribution is -0.135. The molecule has 2 aromatic carbocycles. The Balaban J connectivity index is 2.16. The second-order valence-corrected chi connectivity index (χ2v) is 4.88. The zero-order chi connectivity index (χ0) is 15.0. The minimum absolute atomic E-state index is 0.0234. The molecule has 1 aliphatic heterocycles. The molecule has 1 aliphatic rings. The molecule has 2 N–H and O–H groups in total. The van der Waals surface area contributed by atoms with E-state index < -0.39 is 0 Å². The highest BCUT2D eigenvalue weighted by molar-refractivity contribution is 5.79. The molecule has 1 atom stereocenters. The summed E-state index contributed by atoms with van der Waals surface area (Å²) in [4.78, 5) is 11.8. The molecule has 0 fully saturated rings. The van der Waals surface area contributed by atoms with Gasteiger partial charge in [-0.05, 0) is 17.7 Å². The number of fused-ring (bicyclic) bond motifs is 1. The third kappa shape index (κ3) is 2.38. The van der Waals surface area contributed by atoms with Gasteiger partial charge in [-0.25, -0.2) is 0 Å². The summed E-state index contributed by atoms with van der Waals surface area (Å²) in [6.45, 7) is 0. The van der Waals surface area contributed by atoms with Crippen LogP contribution in [0.1, 0.15) is 23.5 Å². The molecule has 3 rings (SSSR count). The molecule has 0 amide bonds. The Hall–Kier alpha value is -2.69. The van der Waals surface area contributed by atoms with E-state index in [0.717, 1.165) is 11.1 Å². The quantitative estimate of drug-likeness (QED) is 0.655. The van der Waals surface area contributed by atoms with Crippen molar-refractivity contribution in [3.8, 4) is 23.0 Å². The first-order valence-electron chi connectivity index (χ1n) is 6.49. The normalized spacial score (nSPS) is 17.0. The maximum absolute atomic E-state index is 11.8. The molecule has 5 nitrogen and oxygen atoms in total. The number of carbonyl (C=O) groups excluding carboxylic acids is 1. The van der Waals surface area contributed by atoms with Gasteiger partial charge in [-0.3, -0.25) is 4.79 Å². The van der Waals surface area contributed by atoms with Crippen LogP contribution < -0.4 is 9.47 Å². The molecule has 0 radical (unpaired) electrons. The molecule has 2 aromatic rings. The topological polar surface area (TPSA) is 76.0 Å². The van der Waals surface area contributed by atoms with Crippen LogP contribution in [0, 0.1) is 0 Å². The fourth-order valence-electron chi connectivity index (χ4n) is 2.61. The molecule has 0 aliphatic carbocycles. The van der Waals surface area contributed by atoms with Crippen molar-refractivity contribution in [3.63, 3.8) is 0 Å². The Kier molecular flexibility index (Phi) is 3.17. The standard InChI is InChI=1S/C16H14O5/c1-20-13-6-11(18)7-14-16(13)12(8-15(19)21-14)9-2-4-10(17)5-3-9/h2-7,12,17-18H,8H2,1H3/t12-/m1/s1. The van der Waals surface area contributed by atoms with E-state index in [1.165, 1.54) is 19.2 Å². The average Bonchev–Trinajstić information content (AvgIpc) is 2.45. The van der Waals surface area contributed by atoms with Crippen molar-refractivity contribution >= 4 is 5.97 Å². The summed E-state index contributed by atoms with van der Waals surface area (Å²) in [6.07, 6.45) is 0.179. The van der Waals surface area contributed by atoms with Crippen LogP contribution in [0.3, 0.4) is 0 Å². The number of esters is 1. The summed E-state index contributed by atoms with van der Waals surface area (Å²) in [6, 6.07) is 9.56. The lowest BCUT2D eigenvalue weighted by atomic mass is 9.85. The summed E-state index contributed by atoms with van der Waals surface area (Å²) in [5.41, 5.74) is 1.59. The van der Waals surface area contributed by atoms with Gasteiger partial charge in [0.2, 0.25) is 0 Å². The van der Waals surface area contributed by atoms with Gasteiger partial charge in [-0.2, -0.15) is 0 Å². The first kappa shape index (κ1) is 13.3. The Labute approximate surface area is 121 Å². The van der Waals surface area contributed by atoms with E-state index in [1.54, 1.807) is 24.3 Å². The summed E-state index contributed by atoms with van der Waals surface area (Å²) < 4.78 is 10.5. The van der Waals surface area contributed by atoms with E-state index in [-0.39, 0.29) is 29.8 Å². The van der Waals surface area contributed by atoms with Gasteiger partial charge >= 0.3 is 5.97 Å². The van der Waals surface area contributed by atoms with Crippen LogP contribution in [0.5, 0.6) is 23.0 Å². The smallest absolute Gasteiger partial charge is 0.312 e. The second kappa shape index (κ2) is 5.01. The van der Waals surface area contributed by atoms with Crippen LogP contribution in [0.25, 0.3) is 0 Å². The van der Waals surface area contributed by atoms with E-state index in [9.17, 15) is 15.0 Å². The number of hydrogen-bond donors (Lipinski definition) is 2. The van der Waals surface area contributed by atoms with Gasteiger partial charge in [0, 0.05) is 23.6 Å². The molecular weight excluding hydrogens is 272 g/mol. The number of phenolic OH excluding ortho intramolecular Hbond substituents is 2. The Morgan fingerprint density at radius 2 is 1.86 bits per heavy atom. The minimum Gasteiger partial charge on any atom is -0.508 e. The maximum atomic E-state index is 11.8. The summed E-state index contributed by atoms with van der Waals surface area (Å²) >= 11 is 0. The third-order valence-electron chi connectivity index (χ3n) is 3.55. The molecule has 108 valence electrons. The SMILES string of the molecule is COc1cc(O)cc2c1[C@@H](c1ccc(O)cc1)CC(=O)O2. The number of phenols is 2. The predicted molar refractivity (Wildman–Crippen MR) is 74.9 cm³/mol. The number of benzene rings is 2. The molecule has 0 aromatic heterocycles. The largest absolute Gasteiger partial charge is 0.508 e. The van der Waals surface area contributed by atoms with Gasteiger partial charge in [0.05, 0.1) is 13.5 Å². The van der Waals surface area contributed by atoms with Crippen LogP contribution >= 0.6 is 0 Å². The number of methoxy groups -OCH3 is 1. The number of aromatic hydroxyl groups is 2. The first-order chi connectivity index (χ1) is 10.1. The van der Waals surface area contributed by atoms with E-state index in [1.807, 2.05) is 0 Å². The van der Waals surface area contributed by atoms with Crippen molar-refractivity contribution in [2.75, 3.05) is 7.11 Å². The molecule has 1 heterocycles. The lowest BCUT2D eigenvalue weighted by Gasteiger charge is -2.26. The van der Waals surface area contributed by atoms with Crippen LogP contribution in [-0.4, -0.2) is 23.3 Å². The zero-order valence-corrected chi connectivity index (χ0v) is 11.4. The number of ether oxygens (including phenoxy) is 2. The van der Waals surface area contributed by atoms with Crippen LogP contribution in [-0.2, 0) is 4.79 Å². The van der Waals surface area contributed by atoms with Gasteiger partial charge in [-0.1, -0.05) is 12.1 Å². The van der Waals surface area contributed by atoms with E-state index in [0.29, 0.717) is 11.5 Å². The molecule has 0 bridgehead atoms. The molecule has 0 saturated heterocycles. The highest BCUT2D eigenvalue weighted by Crippen LogP contribution is 2.46. The van der Waals surface area contributed by atoms with Crippen LogP contribution in [0.4, 0.5) is 0 Å². The fourth-order valence-corrected chi connectivity index (χ4v) is 2.61. The predicted octanol–water partition coefficient (Wildman–Crippen LogP) is 2.55. The molecular formula is C16H14O5. The van der Waals surface area contributed by atoms with Gasteiger partial charge < -0.3 is 19.7 Å². The Morgan fingerprint density at radius 3 is 2.52 bits per heavy atom. The number of carbonyl (C=O) groups is 1. The van der Waals surface area contributed by atoms with Crippen LogP contribution in [0.15, 0.2) is 36.4 Å². The Bertz CT molecular complexity index is 691. The van der Waals surface area contributed by atoms with Crippen molar-refractivity contribution in [3.05, 3.63) is 47.5 Å². The van der Waals surface area contributed by atoms with Crippen molar-refractivity contribution in [2.45, 2.75) is 12.3 Å². The second-order valence-electron chi connectivity index (χ2n) is 4.88. The molecule has 21 heavy (non-hydrogen) atoms. The van der Waals surface area contributed by atoms with Crippen molar-refractivity contribution in [1.29, 1.82) is 0 Å². The fraction of sp³-hybridized carbons (Fsp3) is 0.188. The van der Waals surface area contributed by atoms with Gasteiger partial charge in [-0.15, -0.1) is 0 Å². The lowest BCUT2D eigenvalue weighted by Crippen LogP contribution is -2.21. The number of rotatable bonds is 2. The summed E-state index contributed by atoms with van der Waals surface area (Å²) in [5, 5.41) is 19.1. The summed E-state index contributed by atoms with van der Waals surface area (Å²) in [5.74, 6) is 0.308. The van der Waals surface area contributed by atoms with Crippen molar-refractivity contribution in [2.24, 2.45) is 0 Å². The molecule has 5 heteroatoms. The third-order valence-corrected chi connectivity index (χ3v) is 3.55. The Morgan fingerprint density at radius 1 is 1.14 bits per heavy atom. The zero-order valence-electron chi connectivity index (χ0n) is 11.4. The monoisotopic (exact) mass is 286 g/mol. The van der Waals surface area contributed by atoms with E-state index >= 15 is 0 Å². The van der Waals surface area contributed by atoms with Gasteiger partial charge in [0.25, 0.3) is 0 Å². The maximum Gasteiger partial charge on any atom is 0.312 e. The van der Waals surface area contributed by atoms with E-state index in [4.69, 9.17) is 9.47 Å². The van der Waals surface area contributed by atoms with Gasteiger partial charge in [0.1, 0.15) is 23.0 Å². The number of hydrogen-bond acceptors (Lipinski definition) is 5. The summed E-state index contributed by atoms with van der Waals surface area (Å²) in [7, 11) is 1.50. The van der Waals surface area contributed by atoms with Gasteiger partial charge in [0.15, 0.2) is 0 Å². The highest BCUT2D eigenvalue weighted by Gasteiger charge is 2.32. The van der Waals surface area contributed by atoms with Crippen molar-refractivity contribution in [1.82, 2.24) is 0 Å². The molecule has 0 saturated carbocycles. The minimum atomic E-state index is -0.367. The first-order valence-corrected chi connectivity index (χ1v) is 6.49.